The van der Waals surface area contributed by atoms with Crippen molar-refractivity contribution in [2.75, 3.05) is 26.2 Å². The summed E-state index contributed by atoms with van der Waals surface area (Å²) in [6.07, 6.45) is 1.09. The Bertz CT molecular complexity index is 65.9. The summed E-state index contributed by atoms with van der Waals surface area (Å²) in [6, 6.07) is 0.615. The van der Waals surface area contributed by atoms with Gasteiger partial charge in [-0.1, -0.05) is 0 Å². The van der Waals surface area contributed by atoms with E-state index in [1.54, 1.807) is 0 Å². The molecule has 3 nitrogen and oxygen atoms in total. The third-order valence-corrected chi connectivity index (χ3v) is 1.64. The largest absolute Gasteiger partial charge is 0.330 e. The highest BCUT2D eigenvalue weighted by atomic mass is 15.1. The monoisotopic (exact) mass is 129 g/mol. The molecule has 0 aromatic rings. The van der Waals surface area contributed by atoms with Crippen LogP contribution in [0.2, 0.25) is 0 Å². The molecule has 54 valence electrons. The van der Waals surface area contributed by atoms with Crippen molar-refractivity contribution in [3.8, 4) is 0 Å². The van der Waals surface area contributed by atoms with Crippen molar-refractivity contribution in [1.82, 2.24) is 10.6 Å². The lowest BCUT2D eigenvalue weighted by Gasteiger charge is -2.23. The van der Waals surface area contributed by atoms with E-state index in [-0.39, 0.29) is 0 Å². The molecule has 1 atom stereocenters. The van der Waals surface area contributed by atoms with Crippen LogP contribution in [0.4, 0.5) is 0 Å². The quantitative estimate of drug-likeness (QED) is 0.443. The van der Waals surface area contributed by atoms with Gasteiger partial charge in [0, 0.05) is 25.7 Å². The Kier molecular flexibility index (Phi) is 2.97. The van der Waals surface area contributed by atoms with Gasteiger partial charge in [0.2, 0.25) is 0 Å². The first kappa shape index (κ1) is 6.99. The Balaban J connectivity index is 2.08. The molecule has 0 amide bonds. The van der Waals surface area contributed by atoms with Gasteiger partial charge in [-0.05, 0) is 13.0 Å². The first-order valence-corrected chi connectivity index (χ1v) is 3.57. The maximum Gasteiger partial charge on any atom is 0.0205 e. The molecule has 0 saturated carbocycles. The van der Waals surface area contributed by atoms with Crippen LogP contribution >= 0.6 is 0 Å². The van der Waals surface area contributed by atoms with Crippen LogP contribution in [0.3, 0.4) is 0 Å². The lowest BCUT2D eigenvalue weighted by Crippen LogP contribution is -2.48. The van der Waals surface area contributed by atoms with Crippen molar-refractivity contribution in [3.05, 3.63) is 0 Å². The molecule has 3 heteroatoms. The van der Waals surface area contributed by atoms with Crippen LogP contribution in [0.5, 0.6) is 0 Å². The summed E-state index contributed by atoms with van der Waals surface area (Å²) < 4.78 is 0. The lowest BCUT2D eigenvalue weighted by atomic mass is 10.2. The second-order valence-electron chi connectivity index (χ2n) is 2.43. The van der Waals surface area contributed by atoms with Gasteiger partial charge >= 0.3 is 0 Å². The van der Waals surface area contributed by atoms with Gasteiger partial charge in [-0.2, -0.15) is 0 Å². The number of nitrogens with one attached hydrogen (secondary N) is 2. The van der Waals surface area contributed by atoms with Crippen LogP contribution in [0.15, 0.2) is 0 Å². The molecule has 0 aromatic heterocycles. The summed E-state index contributed by atoms with van der Waals surface area (Å²) in [6.45, 7) is 4.06. The Morgan fingerprint density at radius 2 is 2.33 bits per heavy atom. The molecule has 1 fully saturated rings. The molecule has 0 aliphatic carbocycles. The van der Waals surface area contributed by atoms with Gasteiger partial charge in [0.15, 0.2) is 0 Å². The van der Waals surface area contributed by atoms with Crippen molar-refractivity contribution in [2.24, 2.45) is 5.73 Å². The molecule has 0 aromatic carbocycles. The number of hydrogen-bond acceptors (Lipinski definition) is 3. The van der Waals surface area contributed by atoms with Crippen LogP contribution < -0.4 is 16.4 Å². The third kappa shape index (κ3) is 2.30. The van der Waals surface area contributed by atoms with E-state index in [1.807, 2.05) is 0 Å². The molecule has 1 aliphatic rings. The molecule has 1 rings (SSSR count). The van der Waals surface area contributed by atoms with Crippen LogP contribution in [0.25, 0.3) is 0 Å². The SMILES string of the molecule is NCCC1CNCCN1. The molecular weight excluding hydrogens is 114 g/mol. The van der Waals surface area contributed by atoms with Crippen molar-refractivity contribution in [3.63, 3.8) is 0 Å². The summed E-state index contributed by atoms with van der Waals surface area (Å²) in [7, 11) is 0. The van der Waals surface area contributed by atoms with Gasteiger partial charge in [0.25, 0.3) is 0 Å². The Labute approximate surface area is 56.0 Å². The Hall–Kier alpha value is -0.120. The highest BCUT2D eigenvalue weighted by Crippen LogP contribution is 1.90. The van der Waals surface area contributed by atoms with Crippen molar-refractivity contribution in [1.29, 1.82) is 0 Å². The molecular formula is C6H15N3. The van der Waals surface area contributed by atoms with Crippen LogP contribution in [-0.2, 0) is 0 Å². The number of rotatable bonds is 2. The molecule has 4 N–H and O–H groups in total. The minimum atomic E-state index is 0.615. The fourth-order valence-corrected chi connectivity index (χ4v) is 1.12. The highest BCUT2D eigenvalue weighted by Gasteiger charge is 2.09. The summed E-state index contributed by atoms with van der Waals surface area (Å²) in [5.41, 5.74) is 5.39. The van der Waals surface area contributed by atoms with Gasteiger partial charge in [-0.15, -0.1) is 0 Å². The Morgan fingerprint density at radius 3 is 2.89 bits per heavy atom. The number of piperazine rings is 1. The van der Waals surface area contributed by atoms with Crippen LogP contribution in [0, 0.1) is 0 Å². The molecule has 1 aliphatic heterocycles. The van der Waals surface area contributed by atoms with E-state index in [9.17, 15) is 0 Å². The average molecular weight is 129 g/mol. The lowest BCUT2D eigenvalue weighted by molar-refractivity contribution is 0.403. The molecule has 0 spiro atoms. The summed E-state index contributed by atoms with van der Waals surface area (Å²) >= 11 is 0. The molecule has 1 heterocycles. The summed E-state index contributed by atoms with van der Waals surface area (Å²) in [5.74, 6) is 0. The predicted octanol–water partition coefficient (Wildman–Crippen LogP) is -1.10. The van der Waals surface area contributed by atoms with Gasteiger partial charge in [-0.25, -0.2) is 0 Å². The fourth-order valence-electron chi connectivity index (χ4n) is 1.12. The predicted molar refractivity (Wildman–Crippen MR) is 38.3 cm³/mol. The average Bonchev–Trinajstić information content (AvgIpc) is 1.91. The standard InChI is InChI=1S/C6H15N3/c7-2-1-6-5-8-3-4-9-6/h6,8-9H,1-5,7H2. The first-order chi connectivity index (χ1) is 4.43. The fraction of sp³-hybridized carbons (Fsp3) is 1.00. The molecule has 0 bridgehead atoms. The molecule has 1 saturated heterocycles. The van der Waals surface area contributed by atoms with Crippen LogP contribution in [0.1, 0.15) is 6.42 Å². The summed E-state index contributed by atoms with van der Waals surface area (Å²) in [5, 5.41) is 6.68. The maximum absolute atomic E-state index is 5.39. The van der Waals surface area contributed by atoms with Gasteiger partial charge in [-0.3, -0.25) is 0 Å². The molecule has 1 unspecified atom stereocenters. The topological polar surface area (TPSA) is 50.1 Å². The highest BCUT2D eigenvalue weighted by molar-refractivity contribution is 4.74. The molecule has 9 heavy (non-hydrogen) atoms. The zero-order chi connectivity index (χ0) is 6.53. The molecule has 0 radical (unpaired) electrons. The van der Waals surface area contributed by atoms with E-state index in [1.165, 1.54) is 0 Å². The number of hydrogen-bond donors (Lipinski definition) is 3. The smallest absolute Gasteiger partial charge is 0.0205 e. The van der Waals surface area contributed by atoms with Crippen molar-refractivity contribution >= 4 is 0 Å². The Morgan fingerprint density at radius 1 is 1.44 bits per heavy atom. The van der Waals surface area contributed by atoms with Crippen molar-refractivity contribution < 1.29 is 0 Å². The van der Waals surface area contributed by atoms with E-state index in [0.29, 0.717) is 6.04 Å². The third-order valence-electron chi connectivity index (χ3n) is 1.64. The van der Waals surface area contributed by atoms with E-state index in [2.05, 4.69) is 10.6 Å². The normalized spacial score (nSPS) is 28.3. The van der Waals surface area contributed by atoms with Gasteiger partial charge < -0.3 is 16.4 Å². The van der Waals surface area contributed by atoms with Gasteiger partial charge in [0.1, 0.15) is 0 Å². The second kappa shape index (κ2) is 3.82. The number of nitrogens with two attached hydrogens (primary N) is 1. The minimum Gasteiger partial charge on any atom is -0.330 e. The van der Waals surface area contributed by atoms with E-state index < -0.39 is 0 Å². The minimum absolute atomic E-state index is 0.615. The first-order valence-electron chi connectivity index (χ1n) is 3.57. The second-order valence-corrected chi connectivity index (χ2v) is 2.43. The van der Waals surface area contributed by atoms with E-state index in [4.69, 9.17) is 5.73 Å². The summed E-state index contributed by atoms with van der Waals surface area (Å²) in [4.78, 5) is 0. The zero-order valence-corrected chi connectivity index (χ0v) is 5.69. The zero-order valence-electron chi connectivity index (χ0n) is 5.69. The van der Waals surface area contributed by atoms with E-state index >= 15 is 0 Å². The van der Waals surface area contributed by atoms with Crippen molar-refractivity contribution in [2.45, 2.75) is 12.5 Å². The van der Waals surface area contributed by atoms with Crippen LogP contribution in [-0.4, -0.2) is 32.2 Å². The van der Waals surface area contributed by atoms with Gasteiger partial charge in [0.05, 0.1) is 0 Å². The van der Waals surface area contributed by atoms with E-state index in [0.717, 1.165) is 32.6 Å². The maximum atomic E-state index is 5.39.